The van der Waals surface area contributed by atoms with E-state index in [1.165, 1.54) is 38.5 Å². The van der Waals surface area contributed by atoms with Gasteiger partial charge in [0.1, 0.15) is 0 Å². The van der Waals surface area contributed by atoms with E-state index < -0.39 is 0 Å². The Hall–Kier alpha value is -1.43. The summed E-state index contributed by atoms with van der Waals surface area (Å²) in [7, 11) is 0. The third-order valence-electron chi connectivity index (χ3n) is 5.45. The quantitative estimate of drug-likeness (QED) is 0.832. The van der Waals surface area contributed by atoms with Crippen molar-refractivity contribution in [2.45, 2.75) is 57.4 Å². The predicted octanol–water partition coefficient (Wildman–Crippen LogP) is 2.17. The van der Waals surface area contributed by atoms with Crippen LogP contribution in [0.5, 0.6) is 0 Å². The van der Waals surface area contributed by atoms with Gasteiger partial charge in [-0.05, 0) is 31.6 Å². The molecule has 0 atom stereocenters. The van der Waals surface area contributed by atoms with E-state index in [0.29, 0.717) is 24.3 Å². The molecule has 0 aromatic carbocycles. The van der Waals surface area contributed by atoms with Crippen LogP contribution in [0.3, 0.4) is 0 Å². The molecular formula is C17H26N4O2. The van der Waals surface area contributed by atoms with Gasteiger partial charge in [-0.1, -0.05) is 18.0 Å². The summed E-state index contributed by atoms with van der Waals surface area (Å²) in [6, 6.07) is 0. The largest absolute Gasteiger partial charge is 0.340 e. The molecule has 3 fully saturated rings. The van der Waals surface area contributed by atoms with Gasteiger partial charge in [-0.15, -0.1) is 0 Å². The van der Waals surface area contributed by atoms with Crippen LogP contribution in [0.25, 0.3) is 0 Å². The van der Waals surface area contributed by atoms with Gasteiger partial charge in [-0.2, -0.15) is 4.98 Å². The summed E-state index contributed by atoms with van der Waals surface area (Å²) >= 11 is 0. The second kappa shape index (κ2) is 6.59. The Kier molecular flexibility index (Phi) is 4.33. The molecule has 2 aliphatic carbocycles. The van der Waals surface area contributed by atoms with E-state index in [0.717, 1.165) is 44.3 Å². The Morgan fingerprint density at radius 3 is 2.52 bits per heavy atom. The first-order chi connectivity index (χ1) is 11.3. The minimum absolute atomic E-state index is 0.352. The summed E-state index contributed by atoms with van der Waals surface area (Å²) in [4.78, 5) is 21.2. The van der Waals surface area contributed by atoms with E-state index in [9.17, 15) is 4.79 Å². The summed E-state index contributed by atoms with van der Waals surface area (Å²) in [5.41, 5.74) is 0. The maximum absolute atomic E-state index is 12.4. The highest BCUT2D eigenvalue weighted by atomic mass is 16.5. The highest BCUT2D eigenvalue weighted by Crippen LogP contribution is 2.38. The van der Waals surface area contributed by atoms with Gasteiger partial charge in [0.15, 0.2) is 5.82 Å². The third-order valence-corrected chi connectivity index (χ3v) is 5.45. The second-order valence-corrected chi connectivity index (χ2v) is 7.33. The molecule has 1 aliphatic heterocycles. The van der Waals surface area contributed by atoms with Gasteiger partial charge in [0, 0.05) is 38.5 Å². The highest BCUT2D eigenvalue weighted by molar-refractivity contribution is 5.76. The van der Waals surface area contributed by atoms with Gasteiger partial charge < -0.3 is 9.42 Å². The second-order valence-electron chi connectivity index (χ2n) is 7.33. The molecule has 0 unspecified atom stereocenters. The molecule has 6 nitrogen and oxygen atoms in total. The normalized spacial score (nSPS) is 23.6. The lowest BCUT2D eigenvalue weighted by molar-refractivity contribution is -0.134. The summed E-state index contributed by atoms with van der Waals surface area (Å²) in [5.74, 6) is 3.13. The van der Waals surface area contributed by atoms with Crippen LogP contribution in [-0.2, 0) is 11.3 Å². The summed E-state index contributed by atoms with van der Waals surface area (Å²) in [6.45, 7) is 4.17. The monoisotopic (exact) mass is 318 g/mol. The predicted molar refractivity (Wildman–Crippen MR) is 84.7 cm³/mol. The van der Waals surface area contributed by atoms with Crippen LogP contribution >= 0.6 is 0 Å². The molecule has 2 saturated carbocycles. The molecule has 0 spiro atoms. The molecule has 0 radical (unpaired) electrons. The van der Waals surface area contributed by atoms with Crippen LogP contribution in [0.4, 0.5) is 0 Å². The minimum Gasteiger partial charge on any atom is -0.340 e. The molecule has 4 rings (SSSR count). The fourth-order valence-electron chi connectivity index (χ4n) is 3.78. The minimum atomic E-state index is 0.352. The van der Waals surface area contributed by atoms with Crippen LogP contribution in [0.2, 0.25) is 0 Å². The number of nitrogens with zero attached hydrogens (tertiary/aromatic N) is 4. The molecule has 0 N–H and O–H groups in total. The van der Waals surface area contributed by atoms with E-state index in [4.69, 9.17) is 4.52 Å². The fraction of sp³-hybridized carbons (Fsp3) is 0.824. The van der Waals surface area contributed by atoms with Crippen molar-refractivity contribution >= 4 is 5.91 Å². The average molecular weight is 318 g/mol. The van der Waals surface area contributed by atoms with Crippen molar-refractivity contribution in [1.82, 2.24) is 19.9 Å². The first-order valence-corrected chi connectivity index (χ1v) is 9.10. The van der Waals surface area contributed by atoms with E-state index >= 15 is 0 Å². The van der Waals surface area contributed by atoms with Crippen molar-refractivity contribution in [3.8, 4) is 0 Å². The Labute approximate surface area is 137 Å². The molecule has 3 aliphatic rings. The zero-order valence-electron chi connectivity index (χ0n) is 13.7. The Balaban J connectivity index is 1.22. The number of rotatable bonds is 5. The van der Waals surface area contributed by atoms with Gasteiger partial charge in [0.25, 0.3) is 0 Å². The molecule has 0 bridgehead atoms. The van der Waals surface area contributed by atoms with E-state index in [-0.39, 0.29) is 0 Å². The first-order valence-electron chi connectivity index (χ1n) is 9.10. The van der Waals surface area contributed by atoms with Crippen LogP contribution in [0.1, 0.15) is 62.6 Å². The van der Waals surface area contributed by atoms with Gasteiger partial charge in [0.05, 0.1) is 6.54 Å². The number of hydrogen-bond acceptors (Lipinski definition) is 5. The third kappa shape index (κ3) is 3.74. The van der Waals surface area contributed by atoms with E-state index in [1.54, 1.807) is 0 Å². The number of amides is 1. The van der Waals surface area contributed by atoms with Crippen molar-refractivity contribution in [1.29, 1.82) is 0 Å². The molecular weight excluding hydrogens is 292 g/mol. The molecule has 1 amide bonds. The van der Waals surface area contributed by atoms with Crippen LogP contribution in [0.15, 0.2) is 4.52 Å². The zero-order valence-corrected chi connectivity index (χ0v) is 13.7. The number of aromatic nitrogens is 2. The molecule has 1 aromatic rings. The smallest absolute Gasteiger partial charge is 0.240 e. The molecule has 1 saturated heterocycles. The van der Waals surface area contributed by atoms with E-state index in [2.05, 4.69) is 15.0 Å². The molecule has 126 valence electrons. The Morgan fingerprint density at radius 2 is 1.83 bits per heavy atom. The summed E-state index contributed by atoms with van der Waals surface area (Å²) < 4.78 is 5.35. The van der Waals surface area contributed by atoms with Crippen LogP contribution in [0, 0.1) is 5.92 Å². The lowest BCUT2D eigenvalue weighted by Gasteiger charge is -2.34. The van der Waals surface area contributed by atoms with Gasteiger partial charge in [-0.3, -0.25) is 9.69 Å². The van der Waals surface area contributed by atoms with Gasteiger partial charge in [-0.25, -0.2) is 0 Å². The first kappa shape index (κ1) is 15.1. The maximum Gasteiger partial charge on any atom is 0.240 e. The molecule has 2 heterocycles. The SMILES string of the molecule is O=C(CC1CCCC1)N1CCN(Cc2nc(C3CC3)no2)CC1. The number of hydrogen-bond donors (Lipinski definition) is 0. The van der Waals surface area contributed by atoms with Crippen molar-refractivity contribution in [2.24, 2.45) is 5.92 Å². The fourth-order valence-corrected chi connectivity index (χ4v) is 3.78. The molecule has 6 heteroatoms. The van der Waals surface area contributed by atoms with Crippen LogP contribution in [-0.4, -0.2) is 52.0 Å². The number of piperazine rings is 1. The maximum atomic E-state index is 12.4. The molecule has 1 aromatic heterocycles. The summed E-state index contributed by atoms with van der Waals surface area (Å²) in [5, 5.41) is 4.07. The lowest BCUT2D eigenvalue weighted by Crippen LogP contribution is -2.48. The van der Waals surface area contributed by atoms with Crippen LogP contribution < -0.4 is 0 Å². The van der Waals surface area contributed by atoms with Crippen molar-refractivity contribution in [3.63, 3.8) is 0 Å². The van der Waals surface area contributed by atoms with Gasteiger partial charge >= 0.3 is 0 Å². The van der Waals surface area contributed by atoms with E-state index in [1.807, 2.05) is 4.90 Å². The number of carbonyl (C=O) groups excluding carboxylic acids is 1. The average Bonchev–Trinajstić information content (AvgIpc) is 3.09. The zero-order chi connectivity index (χ0) is 15.6. The van der Waals surface area contributed by atoms with Crippen molar-refractivity contribution in [2.75, 3.05) is 26.2 Å². The Bertz CT molecular complexity index is 541. The van der Waals surface area contributed by atoms with Crippen molar-refractivity contribution in [3.05, 3.63) is 11.7 Å². The molecule has 23 heavy (non-hydrogen) atoms. The number of carbonyl (C=O) groups is 1. The Morgan fingerprint density at radius 1 is 1.09 bits per heavy atom. The van der Waals surface area contributed by atoms with Gasteiger partial charge in [0.2, 0.25) is 11.8 Å². The highest BCUT2D eigenvalue weighted by Gasteiger charge is 2.30. The standard InChI is InChI=1S/C17H26N4O2/c22-16(11-13-3-1-2-4-13)21-9-7-20(8-10-21)12-15-18-17(19-23-15)14-5-6-14/h13-14H,1-12H2. The topological polar surface area (TPSA) is 62.5 Å². The summed E-state index contributed by atoms with van der Waals surface area (Å²) in [6.07, 6.45) is 8.24. The van der Waals surface area contributed by atoms with Crippen molar-refractivity contribution < 1.29 is 9.32 Å². The lowest BCUT2D eigenvalue weighted by atomic mass is 10.0.